The second kappa shape index (κ2) is 8.58. The number of amides is 1. The van der Waals surface area contributed by atoms with Gasteiger partial charge >= 0.3 is 0 Å². The third-order valence-corrected chi connectivity index (χ3v) is 6.06. The van der Waals surface area contributed by atoms with Gasteiger partial charge in [0, 0.05) is 55.5 Å². The number of carbonyl (C=O) groups excluding carboxylic acids is 1. The lowest BCUT2D eigenvalue weighted by Crippen LogP contribution is -2.49. The Kier molecular flexibility index (Phi) is 6.20. The number of hydrogen-bond acceptors (Lipinski definition) is 4. The van der Waals surface area contributed by atoms with Crippen molar-refractivity contribution < 1.29 is 4.79 Å². The zero-order valence-corrected chi connectivity index (χ0v) is 16.9. The van der Waals surface area contributed by atoms with Crippen molar-refractivity contribution in [1.82, 2.24) is 4.90 Å². The Bertz CT molecular complexity index is 717. The van der Waals surface area contributed by atoms with Crippen molar-refractivity contribution in [1.29, 1.82) is 0 Å². The van der Waals surface area contributed by atoms with E-state index in [0.29, 0.717) is 6.42 Å². The van der Waals surface area contributed by atoms with E-state index >= 15 is 0 Å². The van der Waals surface area contributed by atoms with Gasteiger partial charge in [-0.05, 0) is 56.0 Å². The van der Waals surface area contributed by atoms with E-state index in [-0.39, 0.29) is 5.91 Å². The largest absolute Gasteiger partial charge is 0.372 e. The Labute approximate surface area is 161 Å². The summed E-state index contributed by atoms with van der Waals surface area (Å²) in [6.45, 7) is 12.1. The maximum absolute atomic E-state index is 12.5. The molecule has 2 aromatic rings. The van der Waals surface area contributed by atoms with Crippen LogP contribution in [-0.4, -0.2) is 50.1 Å². The molecular formula is C21H29N3OS. The van der Waals surface area contributed by atoms with Gasteiger partial charge in [-0.2, -0.15) is 0 Å². The normalized spacial score (nSPS) is 14.6. The molecule has 3 rings (SSSR count). The molecule has 0 unspecified atom stereocenters. The summed E-state index contributed by atoms with van der Waals surface area (Å²) in [5.41, 5.74) is 3.90. The maximum atomic E-state index is 12.5. The van der Waals surface area contributed by atoms with E-state index in [2.05, 4.69) is 48.8 Å². The minimum absolute atomic E-state index is 0.251. The van der Waals surface area contributed by atoms with E-state index in [9.17, 15) is 4.79 Å². The van der Waals surface area contributed by atoms with Gasteiger partial charge in [-0.15, -0.1) is 11.3 Å². The van der Waals surface area contributed by atoms with Crippen molar-refractivity contribution in [3.05, 3.63) is 46.2 Å². The highest BCUT2D eigenvalue weighted by Gasteiger charge is 2.22. The molecule has 0 aliphatic carbocycles. The molecular weight excluding hydrogens is 342 g/mol. The number of piperazine rings is 1. The number of thiophene rings is 1. The van der Waals surface area contributed by atoms with Gasteiger partial charge < -0.3 is 14.7 Å². The van der Waals surface area contributed by atoms with Gasteiger partial charge in [0.1, 0.15) is 0 Å². The fourth-order valence-corrected chi connectivity index (χ4v) is 4.35. The van der Waals surface area contributed by atoms with Crippen LogP contribution in [0.15, 0.2) is 35.7 Å². The number of hydrogen-bond donors (Lipinski definition) is 0. The van der Waals surface area contributed by atoms with Crippen molar-refractivity contribution in [3.8, 4) is 0 Å². The summed E-state index contributed by atoms with van der Waals surface area (Å²) < 4.78 is 0. The van der Waals surface area contributed by atoms with Crippen LogP contribution in [-0.2, 0) is 11.2 Å². The monoisotopic (exact) mass is 371 g/mol. The topological polar surface area (TPSA) is 26.8 Å². The maximum Gasteiger partial charge on any atom is 0.227 e. The number of rotatable bonds is 6. The molecule has 2 heterocycles. The van der Waals surface area contributed by atoms with E-state index in [1.165, 1.54) is 16.9 Å². The predicted octanol–water partition coefficient (Wildman–Crippen LogP) is 3.79. The van der Waals surface area contributed by atoms with Crippen LogP contribution in [0, 0.1) is 6.92 Å². The summed E-state index contributed by atoms with van der Waals surface area (Å²) in [6, 6.07) is 10.8. The lowest BCUT2D eigenvalue weighted by molar-refractivity contribution is -0.130. The first-order chi connectivity index (χ1) is 12.6. The van der Waals surface area contributed by atoms with Gasteiger partial charge in [0.15, 0.2) is 0 Å². The summed E-state index contributed by atoms with van der Waals surface area (Å²) in [6.07, 6.45) is 0.537. The number of carbonyl (C=O) groups is 1. The molecule has 140 valence electrons. The molecule has 0 radical (unpaired) electrons. The van der Waals surface area contributed by atoms with Crippen LogP contribution in [0.25, 0.3) is 0 Å². The summed E-state index contributed by atoms with van der Waals surface area (Å²) in [7, 11) is 0. The molecule has 0 spiro atoms. The quantitative estimate of drug-likeness (QED) is 0.773. The highest BCUT2D eigenvalue weighted by molar-refractivity contribution is 7.10. The van der Waals surface area contributed by atoms with Crippen molar-refractivity contribution in [2.24, 2.45) is 0 Å². The first kappa shape index (κ1) is 18.8. The Morgan fingerprint density at radius 1 is 1.12 bits per heavy atom. The summed E-state index contributed by atoms with van der Waals surface area (Å²) in [5.74, 6) is 0.251. The van der Waals surface area contributed by atoms with Crippen molar-refractivity contribution in [2.45, 2.75) is 27.2 Å². The molecule has 1 saturated heterocycles. The molecule has 1 aromatic heterocycles. The number of benzene rings is 1. The smallest absolute Gasteiger partial charge is 0.227 e. The second-order valence-corrected chi connectivity index (χ2v) is 7.80. The Morgan fingerprint density at radius 2 is 1.85 bits per heavy atom. The summed E-state index contributed by atoms with van der Waals surface area (Å²) in [4.78, 5) is 20.4. The van der Waals surface area contributed by atoms with Crippen LogP contribution in [0.2, 0.25) is 0 Å². The minimum Gasteiger partial charge on any atom is -0.372 e. The van der Waals surface area contributed by atoms with Crippen molar-refractivity contribution >= 4 is 28.6 Å². The molecule has 0 bridgehead atoms. The van der Waals surface area contributed by atoms with Crippen LogP contribution in [0.5, 0.6) is 0 Å². The van der Waals surface area contributed by atoms with Gasteiger partial charge in [-0.3, -0.25) is 4.79 Å². The summed E-state index contributed by atoms with van der Waals surface area (Å²) >= 11 is 1.66. The van der Waals surface area contributed by atoms with E-state index in [1.54, 1.807) is 11.3 Å². The van der Waals surface area contributed by atoms with Gasteiger partial charge in [-0.25, -0.2) is 0 Å². The molecule has 1 aliphatic heterocycles. The molecule has 5 heteroatoms. The second-order valence-electron chi connectivity index (χ2n) is 6.77. The van der Waals surface area contributed by atoms with Crippen molar-refractivity contribution in [3.63, 3.8) is 0 Å². The molecule has 0 N–H and O–H groups in total. The van der Waals surface area contributed by atoms with E-state index < -0.39 is 0 Å². The van der Waals surface area contributed by atoms with Crippen LogP contribution in [0.3, 0.4) is 0 Å². The lowest BCUT2D eigenvalue weighted by atomic mass is 10.1. The zero-order chi connectivity index (χ0) is 18.5. The third-order valence-electron chi connectivity index (χ3n) is 5.19. The van der Waals surface area contributed by atoms with Crippen LogP contribution in [0.1, 0.15) is 24.3 Å². The average molecular weight is 372 g/mol. The Morgan fingerprint density at radius 3 is 2.42 bits per heavy atom. The highest BCUT2D eigenvalue weighted by Crippen LogP contribution is 2.26. The summed E-state index contributed by atoms with van der Waals surface area (Å²) in [5, 5.41) is 2.03. The highest BCUT2D eigenvalue weighted by atomic mass is 32.1. The van der Waals surface area contributed by atoms with E-state index in [0.717, 1.165) is 44.1 Å². The van der Waals surface area contributed by atoms with Crippen LogP contribution >= 0.6 is 11.3 Å². The third kappa shape index (κ3) is 4.21. The number of aryl methyl sites for hydroxylation is 1. The molecule has 1 amide bonds. The predicted molar refractivity (Wildman–Crippen MR) is 112 cm³/mol. The Hall–Kier alpha value is -2.01. The lowest BCUT2D eigenvalue weighted by Gasteiger charge is -2.37. The van der Waals surface area contributed by atoms with Crippen LogP contribution in [0.4, 0.5) is 11.4 Å². The minimum atomic E-state index is 0.251. The van der Waals surface area contributed by atoms with Crippen LogP contribution < -0.4 is 9.80 Å². The fraction of sp³-hybridized carbons (Fsp3) is 0.476. The number of anilines is 2. The molecule has 1 aromatic carbocycles. The standard InChI is InChI=1S/C21H29N3OS/c1-4-22(5-2)18-8-9-20(17(3)15-18)23-10-12-24(13-11-23)21(25)16-19-7-6-14-26-19/h6-9,14-15H,4-5,10-13,16H2,1-3H3. The Balaban J connectivity index is 1.60. The molecule has 0 atom stereocenters. The van der Waals surface area contributed by atoms with Crippen molar-refractivity contribution in [2.75, 3.05) is 49.1 Å². The first-order valence-electron chi connectivity index (χ1n) is 9.53. The number of nitrogens with zero attached hydrogens (tertiary/aromatic N) is 3. The molecule has 26 heavy (non-hydrogen) atoms. The van der Waals surface area contributed by atoms with Gasteiger partial charge in [0.2, 0.25) is 5.91 Å². The average Bonchev–Trinajstić information content (AvgIpc) is 3.16. The molecule has 1 fully saturated rings. The molecule has 0 saturated carbocycles. The van der Waals surface area contributed by atoms with E-state index in [1.807, 2.05) is 22.4 Å². The van der Waals surface area contributed by atoms with Gasteiger partial charge in [-0.1, -0.05) is 6.07 Å². The zero-order valence-electron chi connectivity index (χ0n) is 16.1. The SMILES string of the molecule is CCN(CC)c1ccc(N2CCN(C(=O)Cc3cccs3)CC2)c(C)c1. The molecule has 1 aliphatic rings. The first-order valence-corrected chi connectivity index (χ1v) is 10.4. The fourth-order valence-electron chi connectivity index (χ4n) is 3.65. The van der Waals surface area contributed by atoms with Gasteiger partial charge in [0.05, 0.1) is 6.42 Å². The molecule has 4 nitrogen and oxygen atoms in total. The van der Waals surface area contributed by atoms with Gasteiger partial charge in [0.25, 0.3) is 0 Å². The van der Waals surface area contributed by atoms with E-state index in [4.69, 9.17) is 0 Å².